The van der Waals surface area contributed by atoms with Gasteiger partial charge in [-0.1, -0.05) is 140 Å². The first-order valence-electron chi connectivity index (χ1n) is 17.3. The minimum atomic E-state index is 0.870. The zero-order valence-electron chi connectivity index (χ0n) is 27.7. The number of hydrogen-bond acceptors (Lipinski definition) is 3. The van der Waals surface area contributed by atoms with Crippen LogP contribution in [0, 0.1) is 0 Å². The third-order valence-electron chi connectivity index (χ3n) is 9.89. The Hall–Kier alpha value is -6.42. The molecule has 0 N–H and O–H groups in total. The topological polar surface area (TPSA) is 16.4 Å². The molecule has 3 heteroatoms. The summed E-state index contributed by atoms with van der Waals surface area (Å²) in [6.07, 6.45) is 0. The van der Waals surface area contributed by atoms with Gasteiger partial charge in [0, 0.05) is 36.8 Å². The molecule has 8 aromatic carbocycles. The molecule has 0 aliphatic heterocycles. The molecule has 0 fully saturated rings. The van der Waals surface area contributed by atoms with Gasteiger partial charge >= 0.3 is 0 Å². The summed E-state index contributed by atoms with van der Waals surface area (Å²) in [6.45, 7) is 0. The van der Waals surface area contributed by atoms with E-state index in [1.54, 1.807) is 0 Å². The van der Waals surface area contributed by atoms with E-state index in [0.29, 0.717) is 0 Å². The van der Waals surface area contributed by atoms with Crippen molar-refractivity contribution in [2.45, 2.75) is 0 Å². The van der Waals surface area contributed by atoms with Gasteiger partial charge < -0.3 is 9.32 Å². The van der Waals surface area contributed by atoms with Gasteiger partial charge in [-0.2, -0.15) is 0 Å². The second-order valence-electron chi connectivity index (χ2n) is 12.9. The van der Waals surface area contributed by atoms with Gasteiger partial charge in [0.25, 0.3) is 0 Å². The van der Waals surface area contributed by atoms with Crippen molar-refractivity contribution in [3.63, 3.8) is 0 Å². The third kappa shape index (κ3) is 5.01. The van der Waals surface area contributed by atoms with Crippen LogP contribution in [-0.4, -0.2) is 0 Å². The number of para-hydroxylation sites is 2. The summed E-state index contributed by atoms with van der Waals surface area (Å²) in [5.41, 5.74) is 12.1. The molecule has 0 saturated carbocycles. The molecular formula is C48H31NOS. The summed E-state index contributed by atoms with van der Waals surface area (Å²) in [5, 5.41) is 4.81. The summed E-state index contributed by atoms with van der Waals surface area (Å²) in [5.74, 6) is 0. The highest BCUT2D eigenvalue weighted by molar-refractivity contribution is 7.25. The lowest BCUT2D eigenvalue weighted by molar-refractivity contribution is 0.669. The summed E-state index contributed by atoms with van der Waals surface area (Å²) in [6, 6.07) is 67.4. The molecule has 240 valence electrons. The van der Waals surface area contributed by atoms with E-state index in [1.165, 1.54) is 42.4 Å². The van der Waals surface area contributed by atoms with E-state index in [1.807, 2.05) is 17.4 Å². The van der Waals surface area contributed by atoms with E-state index in [2.05, 4.69) is 187 Å². The van der Waals surface area contributed by atoms with Crippen molar-refractivity contribution < 1.29 is 4.42 Å². The molecule has 0 atom stereocenters. The van der Waals surface area contributed by atoms with Crippen molar-refractivity contribution >= 4 is 70.5 Å². The van der Waals surface area contributed by atoms with E-state index in [-0.39, 0.29) is 0 Å². The minimum Gasteiger partial charge on any atom is -0.456 e. The molecule has 10 aromatic rings. The van der Waals surface area contributed by atoms with Gasteiger partial charge in [-0.05, 0) is 76.3 Å². The SMILES string of the molecule is c1ccc(-c2ccc(-c3ccccc3N(c3cccc(-c4cccc5sc6ccccc6c45)c3)c3cccc4oc5ccccc5c34)cc2)cc1. The normalized spacial score (nSPS) is 11.5. The van der Waals surface area contributed by atoms with Crippen LogP contribution in [0.2, 0.25) is 0 Å². The number of nitrogens with zero attached hydrogens (tertiary/aromatic N) is 1. The smallest absolute Gasteiger partial charge is 0.137 e. The number of thiophene rings is 1. The van der Waals surface area contributed by atoms with Crippen molar-refractivity contribution in [2.24, 2.45) is 0 Å². The van der Waals surface area contributed by atoms with Gasteiger partial charge in [0.05, 0.1) is 16.8 Å². The quantitative estimate of drug-likeness (QED) is 0.175. The maximum atomic E-state index is 6.43. The van der Waals surface area contributed by atoms with Crippen LogP contribution in [0.5, 0.6) is 0 Å². The Bertz CT molecular complexity index is 2860. The highest BCUT2D eigenvalue weighted by Gasteiger charge is 2.22. The van der Waals surface area contributed by atoms with Gasteiger partial charge in [0.15, 0.2) is 0 Å². The largest absolute Gasteiger partial charge is 0.456 e. The first-order valence-corrected chi connectivity index (χ1v) is 18.1. The van der Waals surface area contributed by atoms with E-state index in [4.69, 9.17) is 4.42 Å². The fourth-order valence-corrected chi connectivity index (χ4v) is 8.70. The van der Waals surface area contributed by atoms with Gasteiger partial charge in [-0.25, -0.2) is 0 Å². The zero-order chi connectivity index (χ0) is 33.7. The molecule has 0 bridgehead atoms. The number of furan rings is 1. The Morgan fingerprint density at radius 1 is 0.373 bits per heavy atom. The molecule has 0 aliphatic rings. The Morgan fingerprint density at radius 3 is 1.88 bits per heavy atom. The van der Waals surface area contributed by atoms with Gasteiger partial charge in [0.2, 0.25) is 0 Å². The number of rotatable bonds is 6. The number of benzene rings is 8. The zero-order valence-corrected chi connectivity index (χ0v) is 28.5. The van der Waals surface area contributed by atoms with Gasteiger partial charge in [0.1, 0.15) is 11.2 Å². The molecule has 2 aromatic heterocycles. The van der Waals surface area contributed by atoms with Crippen LogP contribution in [0.25, 0.3) is 75.5 Å². The van der Waals surface area contributed by atoms with Crippen LogP contribution in [0.3, 0.4) is 0 Å². The Labute approximate surface area is 300 Å². The van der Waals surface area contributed by atoms with E-state index in [0.717, 1.165) is 50.1 Å². The number of fused-ring (bicyclic) bond motifs is 6. The van der Waals surface area contributed by atoms with E-state index in [9.17, 15) is 0 Å². The number of hydrogen-bond donors (Lipinski definition) is 0. The monoisotopic (exact) mass is 669 g/mol. The highest BCUT2D eigenvalue weighted by Crippen LogP contribution is 2.47. The predicted octanol–water partition coefficient (Wildman–Crippen LogP) is 14.4. The van der Waals surface area contributed by atoms with Gasteiger partial charge in [-0.15, -0.1) is 11.3 Å². The Morgan fingerprint density at radius 2 is 0.980 bits per heavy atom. The van der Waals surface area contributed by atoms with Crippen LogP contribution >= 0.6 is 11.3 Å². The summed E-state index contributed by atoms with van der Waals surface area (Å²) in [4.78, 5) is 2.42. The molecule has 0 amide bonds. The molecule has 2 nitrogen and oxygen atoms in total. The maximum Gasteiger partial charge on any atom is 0.137 e. The molecule has 0 saturated heterocycles. The predicted molar refractivity (Wildman–Crippen MR) is 218 cm³/mol. The average Bonchev–Trinajstić information content (AvgIpc) is 3.78. The van der Waals surface area contributed by atoms with Crippen molar-refractivity contribution in [3.8, 4) is 33.4 Å². The summed E-state index contributed by atoms with van der Waals surface area (Å²) >= 11 is 1.86. The van der Waals surface area contributed by atoms with Crippen LogP contribution < -0.4 is 4.90 Å². The molecule has 0 aliphatic carbocycles. The van der Waals surface area contributed by atoms with Crippen molar-refractivity contribution in [1.82, 2.24) is 0 Å². The molecule has 0 radical (unpaired) electrons. The lowest BCUT2D eigenvalue weighted by atomic mass is 9.97. The van der Waals surface area contributed by atoms with Crippen LogP contribution in [0.15, 0.2) is 192 Å². The lowest BCUT2D eigenvalue weighted by Crippen LogP contribution is -2.11. The Balaban J connectivity index is 1.20. The van der Waals surface area contributed by atoms with Crippen molar-refractivity contribution in [3.05, 3.63) is 188 Å². The minimum absolute atomic E-state index is 0.870. The van der Waals surface area contributed by atoms with E-state index >= 15 is 0 Å². The lowest BCUT2D eigenvalue weighted by Gasteiger charge is -2.29. The van der Waals surface area contributed by atoms with Gasteiger partial charge in [-0.3, -0.25) is 0 Å². The maximum absolute atomic E-state index is 6.43. The van der Waals surface area contributed by atoms with Crippen molar-refractivity contribution in [2.75, 3.05) is 4.90 Å². The summed E-state index contributed by atoms with van der Waals surface area (Å²) < 4.78 is 9.04. The molecule has 0 spiro atoms. The second-order valence-corrected chi connectivity index (χ2v) is 14.0. The molecule has 2 heterocycles. The Kier molecular flexibility index (Phi) is 7.04. The van der Waals surface area contributed by atoms with Crippen LogP contribution in [-0.2, 0) is 0 Å². The molecule has 0 unspecified atom stereocenters. The van der Waals surface area contributed by atoms with Crippen LogP contribution in [0.4, 0.5) is 17.1 Å². The third-order valence-corrected chi connectivity index (χ3v) is 11.0. The highest BCUT2D eigenvalue weighted by atomic mass is 32.1. The average molecular weight is 670 g/mol. The summed E-state index contributed by atoms with van der Waals surface area (Å²) in [7, 11) is 0. The molecule has 10 rings (SSSR count). The first-order chi connectivity index (χ1) is 25.3. The standard InChI is InChI=1S/C48H31NOS/c1-2-13-32(14-3-1)33-27-29-34(30-28-33)37-17-4-7-21-41(37)49(42-22-12-24-44-48(42)39-18-5-8-23-43(39)50-44)36-16-10-15-35(31-36)38-20-11-26-46-47(38)40-19-6-9-25-45(40)51-46/h1-31H. The first kappa shape index (κ1) is 29.5. The fraction of sp³-hybridized carbons (Fsp3) is 0. The fourth-order valence-electron chi connectivity index (χ4n) is 7.56. The molecule has 51 heavy (non-hydrogen) atoms. The second kappa shape index (κ2) is 12.2. The van der Waals surface area contributed by atoms with E-state index < -0.39 is 0 Å². The van der Waals surface area contributed by atoms with Crippen molar-refractivity contribution in [1.29, 1.82) is 0 Å². The van der Waals surface area contributed by atoms with Crippen LogP contribution in [0.1, 0.15) is 0 Å². The number of anilines is 3. The molecular weight excluding hydrogens is 639 g/mol.